The molecule has 0 bridgehead atoms. The molecule has 4 aromatic rings. The first-order chi connectivity index (χ1) is 11.4. The molecule has 0 aliphatic rings. The summed E-state index contributed by atoms with van der Waals surface area (Å²) >= 11 is 1.61. The third-order valence-electron chi connectivity index (χ3n) is 3.72. The van der Waals surface area contributed by atoms with Crippen LogP contribution in [0.4, 0.5) is 0 Å². The van der Waals surface area contributed by atoms with E-state index in [1.54, 1.807) is 17.5 Å². The molecule has 3 heterocycles. The minimum absolute atomic E-state index is 0.905. The first-order valence-electron chi connectivity index (χ1n) is 7.69. The van der Waals surface area contributed by atoms with Gasteiger partial charge in [-0.05, 0) is 30.7 Å². The van der Waals surface area contributed by atoms with E-state index in [4.69, 9.17) is 9.97 Å². The highest BCUT2D eigenvalue weighted by molar-refractivity contribution is 7.13. The summed E-state index contributed by atoms with van der Waals surface area (Å²) in [6.07, 6.45) is 2.85. The second-order valence-electron chi connectivity index (χ2n) is 5.33. The number of aromatic nitrogens is 4. The summed E-state index contributed by atoms with van der Waals surface area (Å²) < 4.78 is 2.26. The Morgan fingerprint density at radius 1 is 1.00 bits per heavy atom. The van der Waals surface area contributed by atoms with Crippen LogP contribution in [0.2, 0.25) is 0 Å². The standard InChI is InChI=1S/C18H16N4S/c1-2-11-22-16-9-4-3-7-13(16)20-17(22)15-12-23-18(21-15)14-8-5-6-10-19-14/h3-10,12H,2,11H2,1H3. The van der Waals surface area contributed by atoms with Gasteiger partial charge in [0.2, 0.25) is 0 Å². The van der Waals surface area contributed by atoms with Crippen molar-refractivity contribution < 1.29 is 0 Å². The Kier molecular flexibility index (Phi) is 3.63. The van der Waals surface area contributed by atoms with Crippen LogP contribution in [-0.4, -0.2) is 19.5 Å². The highest BCUT2D eigenvalue weighted by Gasteiger charge is 2.15. The molecule has 3 aromatic heterocycles. The van der Waals surface area contributed by atoms with Gasteiger partial charge in [0.05, 0.1) is 16.7 Å². The summed E-state index contributed by atoms with van der Waals surface area (Å²) in [4.78, 5) is 13.9. The van der Waals surface area contributed by atoms with Gasteiger partial charge in [0.15, 0.2) is 5.82 Å². The molecule has 0 saturated heterocycles. The number of aryl methyl sites for hydroxylation is 1. The fraction of sp³-hybridized carbons (Fsp3) is 0.167. The Hall–Kier alpha value is -2.53. The van der Waals surface area contributed by atoms with Crippen LogP contribution >= 0.6 is 11.3 Å². The molecule has 0 radical (unpaired) electrons. The van der Waals surface area contributed by atoms with Gasteiger partial charge < -0.3 is 4.57 Å². The largest absolute Gasteiger partial charge is 0.323 e. The number of thiazole rings is 1. The lowest BCUT2D eigenvalue weighted by Gasteiger charge is -2.05. The molecule has 4 rings (SSSR count). The van der Waals surface area contributed by atoms with E-state index in [0.717, 1.165) is 46.2 Å². The number of nitrogens with zero attached hydrogens (tertiary/aromatic N) is 4. The van der Waals surface area contributed by atoms with Crippen molar-refractivity contribution >= 4 is 22.4 Å². The molecule has 1 aromatic carbocycles. The molecule has 0 atom stereocenters. The van der Waals surface area contributed by atoms with Crippen LogP contribution in [0.25, 0.3) is 33.3 Å². The smallest absolute Gasteiger partial charge is 0.160 e. The fourth-order valence-corrected chi connectivity index (χ4v) is 3.48. The number of pyridine rings is 1. The van der Waals surface area contributed by atoms with Crippen LogP contribution in [-0.2, 0) is 6.54 Å². The van der Waals surface area contributed by atoms with Gasteiger partial charge in [0.1, 0.15) is 10.7 Å². The van der Waals surface area contributed by atoms with Gasteiger partial charge in [0, 0.05) is 18.1 Å². The Morgan fingerprint density at radius 3 is 2.70 bits per heavy atom. The molecule has 0 amide bonds. The van der Waals surface area contributed by atoms with Crippen LogP contribution in [0, 0.1) is 0 Å². The van der Waals surface area contributed by atoms with E-state index in [0.29, 0.717) is 0 Å². The maximum atomic E-state index is 4.80. The third-order valence-corrected chi connectivity index (χ3v) is 4.58. The van der Waals surface area contributed by atoms with Gasteiger partial charge in [-0.15, -0.1) is 11.3 Å². The van der Waals surface area contributed by atoms with E-state index >= 15 is 0 Å². The lowest BCUT2D eigenvalue weighted by molar-refractivity contribution is 0.703. The van der Waals surface area contributed by atoms with Crippen molar-refractivity contribution in [3.05, 3.63) is 54.0 Å². The number of benzene rings is 1. The summed E-state index contributed by atoms with van der Waals surface area (Å²) in [6, 6.07) is 14.1. The Balaban J connectivity index is 1.83. The fourth-order valence-electron chi connectivity index (χ4n) is 2.70. The van der Waals surface area contributed by atoms with E-state index < -0.39 is 0 Å². The van der Waals surface area contributed by atoms with Crippen molar-refractivity contribution in [1.82, 2.24) is 19.5 Å². The highest BCUT2D eigenvalue weighted by atomic mass is 32.1. The first-order valence-corrected chi connectivity index (χ1v) is 8.57. The molecule has 0 spiro atoms. The number of hydrogen-bond acceptors (Lipinski definition) is 4. The van der Waals surface area contributed by atoms with E-state index in [2.05, 4.69) is 40.1 Å². The second-order valence-corrected chi connectivity index (χ2v) is 6.19. The van der Waals surface area contributed by atoms with Crippen molar-refractivity contribution in [1.29, 1.82) is 0 Å². The summed E-state index contributed by atoms with van der Waals surface area (Å²) in [5.41, 5.74) is 4.00. The van der Waals surface area contributed by atoms with Crippen molar-refractivity contribution in [2.75, 3.05) is 0 Å². The maximum Gasteiger partial charge on any atom is 0.160 e. The summed E-state index contributed by atoms with van der Waals surface area (Å²) in [5, 5.41) is 2.99. The zero-order chi connectivity index (χ0) is 15.6. The molecular weight excluding hydrogens is 304 g/mol. The van der Waals surface area contributed by atoms with Crippen LogP contribution in [0.5, 0.6) is 0 Å². The Labute approximate surface area is 138 Å². The van der Waals surface area contributed by atoms with Gasteiger partial charge in [-0.25, -0.2) is 9.97 Å². The lowest BCUT2D eigenvalue weighted by Crippen LogP contribution is -1.99. The predicted octanol–water partition coefficient (Wildman–Crippen LogP) is 4.63. The highest BCUT2D eigenvalue weighted by Crippen LogP contribution is 2.29. The minimum Gasteiger partial charge on any atom is -0.323 e. The molecule has 0 aliphatic carbocycles. The van der Waals surface area contributed by atoms with Gasteiger partial charge in [-0.3, -0.25) is 4.98 Å². The molecular formula is C18H16N4S. The second kappa shape index (κ2) is 5.93. The van der Waals surface area contributed by atoms with Crippen LogP contribution < -0.4 is 0 Å². The van der Waals surface area contributed by atoms with Crippen molar-refractivity contribution in [2.45, 2.75) is 19.9 Å². The van der Waals surface area contributed by atoms with Gasteiger partial charge in [-0.1, -0.05) is 25.1 Å². The molecule has 0 unspecified atom stereocenters. The van der Waals surface area contributed by atoms with Gasteiger partial charge in [0.25, 0.3) is 0 Å². The van der Waals surface area contributed by atoms with Gasteiger partial charge >= 0.3 is 0 Å². The molecule has 5 heteroatoms. The van der Waals surface area contributed by atoms with Crippen LogP contribution in [0.1, 0.15) is 13.3 Å². The number of hydrogen-bond donors (Lipinski definition) is 0. The zero-order valence-electron chi connectivity index (χ0n) is 12.8. The molecule has 0 aliphatic heterocycles. The zero-order valence-corrected chi connectivity index (χ0v) is 13.6. The first kappa shape index (κ1) is 14.1. The van der Waals surface area contributed by atoms with E-state index in [1.165, 1.54) is 0 Å². The topological polar surface area (TPSA) is 43.6 Å². The Bertz CT molecular complexity index is 940. The normalized spacial score (nSPS) is 11.2. The summed E-state index contributed by atoms with van der Waals surface area (Å²) in [7, 11) is 0. The number of rotatable bonds is 4. The average molecular weight is 320 g/mol. The molecule has 23 heavy (non-hydrogen) atoms. The van der Waals surface area contributed by atoms with E-state index in [1.807, 2.05) is 24.3 Å². The molecule has 114 valence electrons. The summed E-state index contributed by atoms with van der Waals surface area (Å²) in [5.74, 6) is 0.937. The third kappa shape index (κ3) is 2.53. The molecule has 4 nitrogen and oxygen atoms in total. The van der Waals surface area contributed by atoms with Crippen molar-refractivity contribution in [3.63, 3.8) is 0 Å². The average Bonchev–Trinajstić information content (AvgIpc) is 3.21. The van der Waals surface area contributed by atoms with Crippen LogP contribution in [0.3, 0.4) is 0 Å². The summed E-state index contributed by atoms with van der Waals surface area (Å²) in [6.45, 7) is 3.12. The SMILES string of the molecule is CCCn1c(-c2csc(-c3ccccn3)n2)nc2ccccc21. The maximum absolute atomic E-state index is 4.80. The quantitative estimate of drug-likeness (QED) is 0.550. The van der Waals surface area contributed by atoms with Crippen molar-refractivity contribution in [2.24, 2.45) is 0 Å². The van der Waals surface area contributed by atoms with Gasteiger partial charge in [-0.2, -0.15) is 0 Å². The van der Waals surface area contributed by atoms with E-state index in [-0.39, 0.29) is 0 Å². The number of imidazole rings is 1. The van der Waals surface area contributed by atoms with E-state index in [9.17, 15) is 0 Å². The monoisotopic (exact) mass is 320 g/mol. The van der Waals surface area contributed by atoms with Crippen LogP contribution in [0.15, 0.2) is 54.0 Å². The molecule has 0 saturated carbocycles. The number of fused-ring (bicyclic) bond motifs is 1. The number of para-hydroxylation sites is 2. The molecule has 0 N–H and O–H groups in total. The Morgan fingerprint density at radius 2 is 1.87 bits per heavy atom. The molecule has 0 fully saturated rings. The predicted molar refractivity (Wildman–Crippen MR) is 94.4 cm³/mol. The lowest BCUT2D eigenvalue weighted by atomic mass is 10.3. The minimum atomic E-state index is 0.905. The van der Waals surface area contributed by atoms with Crippen molar-refractivity contribution in [3.8, 4) is 22.2 Å².